The maximum Gasteiger partial charge on any atom is 0.240 e. The SMILES string of the molecule is CN(Cc1cnc2ccccn12)C(=O)C[C@]1(c2ccc(-c3ccccc3)cc2)CC(=O)N(C)C1=O. The summed E-state index contributed by atoms with van der Waals surface area (Å²) in [5, 5.41) is 0. The van der Waals surface area contributed by atoms with Crippen LogP contribution in [0, 0.1) is 0 Å². The molecule has 1 aliphatic rings. The second-order valence-corrected chi connectivity index (χ2v) is 9.07. The van der Waals surface area contributed by atoms with Crippen LogP contribution in [0.1, 0.15) is 24.1 Å². The molecule has 1 aliphatic heterocycles. The molecule has 0 bridgehead atoms. The summed E-state index contributed by atoms with van der Waals surface area (Å²) in [7, 11) is 3.19. The number of carbonyl (C=O) groups is 3. The highest BCUT2D eigenvalue weighted by Crippen LogP contribution is 2.40. The number of imide groups is 1. The van der Waals surface area contributed by atoms with Gasteiger partial charge in [-0.2, -0.15) is 0 Å². The molecule has 1 saturated heterocycles. The van der Waals surface area contributed by atoms with E-state index >= 15 is 0 Å². The second-order valence-electron chi connectivity index (χ2n) is 9.07. The second kappa shape index (κ2) is 8.83. The van der Waals surface area contributed by atoms with E-state index in [-0.39, 0.29) is 30.6 Å². The minimum atomic E-state index is -1.22. The standard InChI is InChI=1S/C28H26N4O3/c1-30(19-23-18-29-24-10-6-7-15-32(23)24)25(33)16-28(17-26(34)31(2)27(28)35)22-13-11-21(12-14-22)20-8-4-3-5-9-20/h3-15,18H,16-17,19H2,1-2H3/t28-/m1/s1. The largest absolute Gasteiger partial charge is 0.340 e. The Labute approximate surface area is 203 Å². The summed E-state index contributed by atoms with van der Waals surface area (Å²) >= 11 is 0. The van der Waals surface area contributed by atoms with E-state index in [1.54, 1.807) is 18.1 Å². The normalized spacial score (nSPS) is 17.8. The number of hydrogen-bond acceptors (Lipinski definition) is 4. The zero-order valence-electron chi connectivity index (χ0n) is 19.7. The Morgan fingerprint density at radius 2 is 1.66 bits per heavy atom. The van der Waals surface area contributed by atoms with Gasteiger partial charge in [-0.25, -0.2) is 4.98 Å². The number of benzene rings is 2. The number of nitrogens with zero attached hydrogens (tertiary/aromatic N) is 4. The molecule has 4 aromatic rings. The number of likely N-dealkylation sites (N-methyl/N-ethyl adjacent to an activating group) is 1. The van der Waals surface area contributed by atoms with E-state index in [9.17, 15) is 14.4 Å². The molecule has 0 radical (unpaired) electrons. The van der Waals surface area contributed by atoms with Crippen LogP contribution in [0.25, 0.3) is 16.8 Å². The van der Waals surface area contributed by atoms with Crippen molar-refractivity contribution in [1.82, 2.24) is 19.2 Å². The van der Waals surface area contributed by atoms with Crippen molar-refractivity contribution in [3.63, 3.8) is 0 Å². The van der Waals surface area contributed by atoms with Crippen molar-refractivity contribution in [2.24, 2.45) is 0 Å². The fourth-order valence-corrected chi connectivity index (χ4v) is 4.79. The Hall–Kier alpha value is -4.26. The van der Waals surface area contributed by atoms with Crippen LogP contribution in [0.2, 0.25) is 0 Å². The Balaban J connectivity index is 1.43. The molecular formula is C28H26N4O3. The molecule has 2 aromatic carbocycles. The van der Waals surface area contributed by atoms with Gasteiger partial charge in [0.05, 0.1) is 23.9 Å². The van der Waals surface area contributed by atoms with Gasteiger partial charge in [0.15, 0.2) is 0 Å². The summed E-state index contributed by atoms with van der Waals surface area (Å²) in [4.78, 5) is 46.5. The number of hydrogen-bond donors (Lipinski definition) is 0. The van der Waals surface area contributed by atoms with Crippen LogP contribution >= 0.6 is 0 Å². The molecule has 176 valence electrons. The number of imidazole rings is 1. The van der Waals surface area contributed by atoms with Crippen LogP contribution < -0.4 is 0 Å². The summed E-state index contributed by atoms with van der Waals surface area (Å²) in [6.07, 6.45) is 3.54. The summed E-state index contributed by atoms with van der Waals surface area (Å²) < 4.78 is 1.93. The van der Waals surface area contributed by atoms with Gasteiger partial charge < -0.3 is 9.30 Å². The van der Waals surface area contributed by atoms with Gasteiger partial charge in [0, 0.05) is 33.1 Å². The molecule has 0 N–H and O–H groups in total. The maximum absolute atomic E-state index is 13.4. The highest BCUT2D eigenvalue weighted by molar-refractivity contribution is 6.10. The minimum Gasteiger partial charge on any atom is -0.340 e. The quantitative estimate of drug-likeness (QED) is 0.407. The third-order valence-corrected chi connectivity index (χ3v) is 6.86. The number of amides is 3. The highest BCUT2D eigenvalue weighted by atomic mass is 16.2. The van der Waals surface area contributed by atoms with Crippen molar-refractivity contribution < 1.29 is 14.4 Å². The lowest BCUT2D eigenvalue weighted by atomic mass is 9.75. The van der Waals surface area contributed by atoms with Crippen LogP contribution in [-0.4, -0.2) is 51.0 Å². The van der Waals surface area contributed by atoms with Crippen molar-refractivity contribution in [2.75, 3.05) is 14.1 Å². The zero-order valence-corrected chi connectivity index (χ0v) is 19.7. The first kappa shape index (κ1) is 22.5. The van der Waals surface area contributed by atoms with Crippen molar-refractivity contribution in [1.29, 1.82) is 0 Å². The smallest absolute Gasteiger partial charge is 0.240 e. The molecule has 0 unspecified atom stereocenters. The van der Waals surface area contributed by atoms with Gasteiger partial charge in [0.25, 0.3) is 0 Å². The fraction of sp³-hybridized carbons (Fsp3) is 0.214. The van der Waals surface area contributed by atoms with Crippen LogP contribution in [0.4, 0.5) is 0 Å². The Morgan fingerprint density at radius 1 is 0.971 bits per heavy atom. The Kier molecular flexibility index (Phi) is 5.68. The van der Waals surface area contributed by atoms with Crippen LogP contribution in [0.5, 0.6) is 0 Å². The third kappa shape index (κ3) is 3.99. The van der Waals surface area contributed by atoms with Gasteiger partial charge in [0.2, 0.25) is 17.7 Å². The molecule has 5 rings (SSSR count). The third-order valence-electron chi connectivity index (χ3n) is 6.86. The van der Waals surface area contributed by atoms with Crippen LogP contribution in [-0.2, 0) is 26.3 Å². The average Bonchev–Trinajstić information content (AvgIpc) is 3.39. The minimum absolute atomic E-state index is 0.0256. The molecule has 1 atom stereocenters. The lowest BCUT2D eigenvalue weighted by molar-refractivity contribution is -0.141. The number of likely N-dealkylation sites (tertiary alicyclic amines) is 1. The first-order chi connectivity index (χ1) is 16.9. The number of carbonyl (C=O) groups excluding carboxylic acids is 3. The maximum atomic E-state index is 13.4. The van der Waals surface area contributed by atoms with Gasteiger partial charge >= 0.3 is 0 Å². The highest BCUT2D eigenvalue weighted by Gasteiger charge is 2.52. The molecule has 35 heavy (non-hydrogen) atoms. The van der Waals surface area contributed by atoms with E-state index in [2.05, 4.69) is 4.98 Å². The molecule has 0 saturated carbocycles. The van der Waals surface area contributed by atoms with Crippen molar-refractivity contribution in [3.05, 3.63) is 96.4 Å². The predicted octanol–water partition coefficient (Wildman–Crippen LogP) is 3.68. The van der Waals surface area contributed by atoms with E-state index in [0.29, 0.717) is 12.1 Å². The molecule has 7 nitrogen and oxygen atoms in total. The number of fused-ring (bicyclic) bond motifs is 1. The van der Waals surface area contributed by atoms with Gasteiger partial charge in [0.1, 0.15) is 5.65 Å². The topological polar surface area (TPSA) is 75.0 Å². The molecule has 3 amide bonds. The van der Waals surface area contributed by atoms with E-state index < -0.39 is 5.41 Å². The summed E-state index contributed by atoms with van der Waals surface area (Å²) in [5.41, 5.74) is 3.19. The molecule has 0 aliphatic carbocycles. The van der Waals surface area contributed by atoms with E-state index in [0.717, 1.165) is 27.4 Å². The van der Waals surface area contributed by atoms with E-state index in [1.165, 1.54) is 7.05 Å². The molecule has 1 fully saturated rings. The molecular weight excluding hydrogens is 440 g/mol. The number of rotatable bonds is 6. The van der Waals surface area contributed by atoms with Gasteiger partial charge in [-0.05, 0) is 28.8 Å². The predicted molar refractivity (Wildman–Crippen MR) is 132 cm³/mol. The van der Waals surface area contributed by atoms with Gasteiger partial charge in [-0.1, -0.05) is 60.7 Å². The first-order valence-electron chi connectivity index (χ1n) is 11.5. The van der Waals surface area contributed by atoms with Crippen molar-refractivity contribution in [2.45, 2.75) is 24.8 Å². The van der Waals surface area contributed by atoms with Gasteiger partial charge in [-0.3, -0.25) is 19.3 Å². The van der Waals surface area contributed by atoms with Crippen LogP contribution in [0.15, 0.2) is 85.2 Å². The lowest BCUT2D eigenvalue weighted by Gasteiger charge is -2.29. The summed E-state index contributed by atoms with van der Waals surface area (Å²) in [6.45, 7) is 0.338. The molecule has 7 heteroatoms. The zero-order chi connectivity index (χ0) is 24.6. The number of aromatic nitrogens is 2. The van der Waals surface area contributed by atoms with E-state index in [4.69, 9.17) is 0 Å². The fourth-order valence-electron chi connectivity index (χ4n) is 4.79. The first-order valence-corrected chi connectivity index (χ1v) is 11.5. The molecule has 2 aromatic heterocycles. The lowest BCUT2D eigenvalue weighted by Crippen LogP contribution is -2.41. The van der Waals surface area contributed by atoms with E-state index in [1.807, 2.05) is 83.4 Å². The molecule has 0 spiro atoms. The monoisotopic (exact) mass is 466 g/mol. The van der Waals surface area contributed by atoms with Crippen LogP contribution in [0.3, 0.4) is 0 Å². The number of pyridine rings is 1. The van der Waals surface area contributed by atoms with Gasteiger partial charge in [-0.15, -0.1) is 0 Å². The Bertz CT molecular complexity index is 1410. The average molecular weight is 467 g/mol. The summed E-state index contributed by atoms with van der Waals surface area (Å²) in [6, 6.07) is 23.3. The van der Waals surface area contributed by atoms with Crippen molar-refractivity contribution >= 4 is 23.4 Å². The Morgan fingerprint density at radius 3 is 2.34 bits per heavy atom. The molecule has 3 heterocycles. The van der Waals surface area contributed by atoms with Crippen molar-refractivity contribution in [3.8, 4) is 11.1 Å². The summed E-state index contributed by atoms with van der Waals surface area (Å²) in [5.74, 6) is -0.828.